The van der Waals surface area contributed by atoms with Gasteiger partial charge in [-0.05, 0) is 36.4 Å². The number of hydrogen-bond donors (Lipinski definition) is 1. The van der Waals surface area contributed by atoms with Crippen molar-refractivity contribution in [2.75, 3.05) is 14.2 Å². The lowest BCUT2D eigenvalue weighted by Gasteiger charge is -2.38. The molecule has 2 atom stereocenters. The molecule has 30 heavy (non-hydrogen) atoms. The van der Waals surface area contributed by atoms with E-state index in [0.29, 0.717) is 23.5 Å². The third kappa shape index (κ3) is 2.90. The molecule has 3 aromatic rings. The summed E-state index contributed by atoms with van der Waals surface area (Å²) in [7, 11) is 3.24. The van der Waals surface area contributed by atoms with Crippen LogP contribution in [0.5, 0.6) is 23.0 Å². The van der Waals surface area contributed by atoms with Gasteiger partial charge in [-0.15, -0.1) is 0 Å². The highest BCUT2D eigenvalue weighted by Crippen LogP contribution is 2.51. The normalized spacial score (nSPS) is 19.4. The number of pyridine rings is 1. The molecule has 1 aromatic heterocycles. The van der Waals surface area contributed by atoms with Gasteiger partial charge in [-0.1, -0.05) is 12.1 Å². The summed E-state index contributed by atoms with van der Waals surface area (Å²) in [5.41, 5.74) is 3.36. The van der Waals surface area contributed by atoms with Crippen LogP contribution in [0.15, 0.2) is 66.0 Å². The first kappa shape index (κ1) is 18.3. The summed E-state index contributed by atoms with van der Waals surface area (Å²) in [6.45, 7) is 0. The van der Waals surface area contributed by atoms with E-state index in [1.54, 1.807) is 44.8 Å². The molecule has 0 bridgehead atoms. The summed E-state index contributed by atoms with van der Waals surface area (Å²) in [6, 6.07) is 14.8. The SMILES string of the molecule is COc1ccc(O)c(C2=NN3[C@@H](C2)c2cccc(OC)c2O[C@H]3c2ccncc2)c1. The molecule has 5 rings (SSSR count). The van der Waals surface area contributed by atoms with Crippen LogP contribution in [0.4, 0.5) is 0 Å². The van der Waals surface area contributed by atoms with Crippen LogP contribution in [0.1, 0.15) is 35.4 Å². The second-order valence-corrected chi connectivity index (χ2v) is 7.16. The molecule has 0 saturated carbocycles. The average molecular weight is 403 g/mol. The van der Waals surface area contributed by atoms with Crippen LogP contribution < -0.4 is 14.2 Å². The second-order valence-electron chi connectivity index (χ2n) is 7.16. The Hall–Kier alpha value is -3.74. The largest absolute Gasteiger partial charge is 0.507 e. The number of phenolic OH excluding ortho intramolecular Hbond substituents is 1. The molecule has 152 valence electrons. The maximum atomic E-state index is 10.5. The number of hydrazone groups is 1. The molecule has 7 nitrogen and oxygen atoms in total. The highest BCUT2D eigenvalue weighted by Gasteiger charge is 2.42. The van der Waals surface area contributed by atoms with Crippen molar-refractivity contribution in [2.45, 2.75) is 18.7 Å². The van der Waals surface area contributed by atoms with E-state index in [1.807, 2.05) is 35.3 Å². The van der Waals surface area contributed by atoms with E-state index in [2.05, 4.69) is 4.98 Å². The van der Waals surface area contributed by atoms with Gasteiger partial charge in [0.25, 0.3) is 0 Å². The van der Waals surface area contributed by atoms with Gasteiger partial charge in [-0.25, -0.2) is 5.01 Å². The van der Waals surface area contributed by atoms with Gasteiger partial charge in [0.1, 0.15) is 11.5 Å². The number of fused-ring (bicyclic) bond motifs is 3. The summed E-state index contributed by atoms with van der Waals surface area (Å²) in [5, 5.41) is 17.3. The van der Waals surface area contributed by atoms with E-state index in [4.69, 9.17) is 19.3 Å². The fraction of sp³-hybridized carbons (Fsp3) is 0.217. The van der Waals surface area contributed by atoms with Gasteiger partial charge in [0, 0.05) is 35.5 Å². The summed E-state index contributed by atoms with van der Waals surface area (Å²) >= 11 is 0. The van der Waals surface area contributed by atoms with Crippen molar-refractivity contribution in [2.24, 2.45) is 5.10 Å². The predicted molar refractivity (Wildman–Crippen MR) is 111 cm³/mol. The third-order valence-electron chi connectivity index (χ3n) is 5.51. The number of para-hydroxylation sites is 1. The van der Waals surface area contributed by atoms with E-state index >= 15 is 0 Å². The van der Waals surface area contributed by atoms with Crippen molar-refractivity contribution in [1.29, 1.82) is 0 Å². The molecule has 0 radical (unpaired) electrons. The Bertz CT molecular complexity index is 1120. The Morgan fingerprint density at radius 2 is 1.90 bits per heavy atom. The molecule has 1 N–H and O–H groups in total. The first-order valence-electron chi connectivity index (χ1n) is 9.66. The fourth-order valence-corrected chi connectivity index (χ4v) is 4.03. The van der Waals surface area contributed by atoms with Crippen LogP contribution in [0, 0.1) is 0 Å². The Morgan fingerprint density at radius 1 is 1.07 bits per heavy atom. The Kier molecular flexibility index (Phi) is 4.43. The standard InChI is InChI=1S/C23H21N3O4/c1-28-15-6-7-20(27)17(12-15)18-13-19-16-4-3-5-21(29-2)22(16)30-23(26(19)25-18)14-8-10-24-11-9-14/h3-12,19,23,27H,13H2,1-2H3/t19-,23-/m0/s1. The van der Waals surface area contributed by atoms with Crippen molar-refractivity contribution in [1.82, 2.24) is 9.99 Å². The van der Waals surface area contributed by atoms with Gasteiger partial charge in [0.15, 0.2) is 11.5 Å². The van der Waals surface area contributed by atoms with Crippen LogP contribution in [-0.4, -0.2) is 35.0 Å². The molecule has 0 unspecified atom stereocenters. The molecular weight excluding hydrogens is 382 g/mol. The van der Waals surface area contributed by atoms with E-state index < -0.39 is 6.23 Å². The Balaban J connectivity index is 1.63. The minimum Gasteiger partial charge on any atom is -0.507 e. The molecule has 0 spiro atoms. The number of hydrogen-bond acceptors (Lipinski definition) is 7. The summed E-state index contributed by atoms with van der Waals surface area (Å²) in [4.78, 5) is 4.12. The zero-order chi connectivity index (χ0) is 20.7. The lowest BCUT2D eigenvalue weighted by Crippen LogP contribution is -2.33. The highest BCUT2D eigenvalue weighted by molar-refractivity contribution is 6.04. The zero-order valence-electron chi connectivity index (χ0n) is 16.6. The minimum atomic E-state index is -0.438. The molecule has 7 heteroatoms. The Labute approximate surface area is 174 Å². The molecule has 0 amide bonds. The minimum absolute atomic E-state index is 0.0531. The summed E-state index contributed by atoms with van der Waals surface area (Å²) < 4.78 is 17.3. The van der Waals surface area contributed by atoms with E-state index in [-0.39, 0.29) is 11.8 Å². The van der Waals surface area contributed by atoms with Crippen molar-refractivity contribution in [3.05, 3.63) is 77.6 Å². The van der Waals surface area contributed by atoms with Crippen molar-refractivity contribution in [3.63, 3.8) is 0 Å². The first-order chi connectivity index (χ1) is 14.7. The van der Waals surface area contributed by atoms with Gasteiger partial charge >= 0.3 is 0 Å². The smallest absolute Gasteiger partial charge is 0.214 e. The second kappa shape index (κ2) is 7.26. The van der Waals surface area contributed by atoms with Crippen LogP contribution in [0.3, 0.4) is 0 Å². The molecule has 0 aliphatic carbocycles. The molecule has 0 saturated heterocycles. The molecule has 0 fully saturated rings. The fourth-order valence-electron chi connectivity index (χ4n) is 4.03. The van der Waals surface area contributed by atoms with Gasteiger partial charge in [-0.3, -0.25) is 4.98 Å². The third-order valence-corrected chi connectivity index (χ3v) is 5.51. The molecule has 2 aliphatic rings. The predicted octanol–water partition coefficient (Wildman–Crippen LogP) is 4.05. The molecule has 2 aromatic carbocycles. The van der Waals surface area contributed by atoms with E-state index in [9.17, 15) is 5.11 Å². The number of aromatic nitrogens is 1. The summed E-state index contributed by atoms with van der Waals surface area (Å²) in [5.74, 6) is 2.24. The maximum Gasteiger partial charge on any atom is 0.214 e. The van der Waals surface area contributed by atoms with Gasteiger partial charge in [0.05, 0.1) is 26.0 Å². The number of benzene rings is 2. The maximum absolute atomic E-state index is 10.5. The van der Waals surface area contributed by atoms with Crippen LogP contribution in [-0.2, 0) is 0 Å². The number of aromatic hydroxyl groups is 1. The Morgan fingerprint density at radius 3 is 2.67 bits per heavy atom. The lowest BCUT2D eigenvalue weighted by atomic mass is 9.95. The zero-order valence-corrected chi connectivity index (χ0v) is 16.6. The van der Waals surface area contributed by atoms with Gasteiger partial charge < -0.3 is 19.3 Å². The quantitative estimate of drug-likeness (QED) is 0.708. The number of ether oxygens (including phenoxy) is 3. The van der Waals surface area contributed by atoms with Gasteiger partial charge in [-0.2, -0.15) is 5.10 Å². The number of phenols is 1. The monoisotopic (exact) mass is 403 g/mol. The number of nitrogens with zero attached hydrogens (tertiary/aromatic N) is 3. The summed E-state index contributed by atoms with van der Waals surface area (Å²) in [6.07, 6.45) is 3.65. The van der Waals surface area contributed by atoms with Crippen molar-refractivity contribution < 1.29 is 19.3 Å². The lowest BCUT2D eigenvalue weighted by molar-refractivity contribution is -0.0209. The molecule has 2 aliphatic heterocycles. The van der Waals surface area contributed by atoms with Gasteiger partial charge in [0.2, 0.25) is 6.23 Å². The number of rotatable bonds is 4. The van der Waals surface area contributed by atoms with Crippen LogP contribution in [0.2, 0.25) is 0 Å². The first-order valence-corrected chi connectivity index (χ1v) is 9.66. The molecular formula is C23H21N3O4. The van der Waals surface area contributed by atoms with E-state index in [1.165, 1.54) is 0 Å². The van der Waals surface area contributed by atoms with E-state index in [0.717, 1.165) is 22.6 Å². The average Bonchev–Trinajstić information content (AvgIpc) is 3.24. The van der Waals surface area contributed by atoms with Crippen molar-refractivity contribution >= 4 is 5.71 Å². The van der Waals surface area contributed by atoms with Crippen LogP contribution in [0.25, 0.3) is 0 Å². The number of methoxy groups -OCH3 is 2. The topological polar surface area (TPSA) is 76.4 Å². The molecule has 3 heterocycles. The van der Waals surface area contributed by atoms with Crippen molar-refractivity contribution in [3.8, 4) is 23.0 Å². The highest BCUT2D eigenvalue weighted by atomic mass is 16.5. The van der Waals surface area contributed by atoms with Crippen LogP contribution >= 0.6 is 0 Å².